The predicted molar refractivity (Wildman–Crippen MR) is 198 cm³/mol. The average Bonchev–Trinajstić information content (AvgIpc) is 3.52. The van der Waals surface area contributed by atoms with E-state index < -0.39 is 48.4 Å². The van der Waals surface area contributed by atoms with E-state index in [9.17, 15) is 18.0 Å². The number of fused-ring (bicyclic) bond motifs is 2. The molecule has 0 saturated heterocycles. The highest BCUT2D eigenvalue weighted by Crippen LogP contribution is 2.35. The molecule has 9 nitrogen and oxygen atoms in total. The molecule has 0 fully saturated rings. The molecule has 0 bridgehead atoms. The van der Waals surface area contributed by atoms with Gasteiger partial charge in [0.1, 0.15) is 17.1 Å². The summed E-state index contributed by atoms with van der Waals surface area (Å²) in [7, 11) is -4.17. The minimum absolute atomic E-state index is 0.153. The molecular weight excluding hydrogens is 743 g/mol. The maximum absolute atomic E-state index is 14.0. The number of para-hydroxylation sites is 1. The standard InChI is InChI=1S/C37H33IN2O7S/c1-2-46-32-16-12-25-19-27(8-7-26(25)20-32)33(22-30-13-9-29(23-38-30)36(41)39-17-18-48(43,44)45)37(42)40-31-14-10-24(11-15-31)35-21-28-5-3-4-6-34(28)47-35/h3-16,19-21,23,33H,2,17-18,22H2,1H3,(H,39,41)(H,40,42)(H,43,44,45). The van der Waals surface area contributed by atoms with Crippen LogP contribution >= 0.6 is 20.7 Å². The van der Waals surface area contributed by atoms with Gasteiger partial charge in [-0.2, -0.15) is 8.42 Å². The van der Waals surface area contributed by atoms with E-state index in [2.05, 4.69) is 10.6 Å². The molecule has 2 heterocycles. The van der Waals surface area contributed by atoms with Gasteiger partial charge in [-0.3, -0.25) is 14.1 Å². The lowest BCUT2D eigenvalue weighted by Crippen LogP contribution is -2.30. The van der Waals surface area contributed by atoms with E-state index in [-0.39, 0.29) is 12.5 Å². The van der Waals surface area contributed by atoms with Gasteiger partial charge in [0.05, 0.1) is 18.3 Å². The van der Waals surface area contributed by atoms with Gasteiger partial charge in [0.25, 0.3) is 16.0 Å². The summed E-state index contributed by atoms with van der Waals surface area (Å²) in [6.45, 7) is 2.33. The Kier molecular flexibility index (Phi) is 10.2. The fourth-order valence-electron chi connectivity index (χ4n) is 5.36. The normalized spacial score (nSPS) is 13.7. The van der Waals surface area contributed by atoms with Crippen molar-refractivity contribution in [3.8, 4) is 17.1 Å². The largest absolute Gasteiger partial charge is 0.494 e. The van der Waals surface area contributed by atoms with E-state index in [1.54, 1.807) is 6.08 Å². The van der Waals surface area contributed by atoms with Gasteiger partial charge in [0, 0.05) is 28.8 Å². The monoisotopic (exact) mass is 776 g/mol. The fourth-order valence-corrected chi connectivity index (χ4v) is 8.03. The first-order valence-corrected chi connectivity index (χ1v) is 19.3. The summed E-state index contributed by atoms with van der Waals surface area (Å²) in [5, 5.41) is 8.65. The van der Waals surface area contributed by atoms with Gasteiger partial charge < -0.3 is 19.8 Å². The van der Waals surface area contributed by atoms with Gasteiger partial charge in [-0.05, 0) is 91.9 Å². The zero-order chi connectivity index (χ0) is 33.7. The molecule has 1 aromatic heterocycles. The van der Waals surface area contributed by atoms with E-state index in [1.807, 2.05) is 108 Å². The maximum atomic E-state index is 14.0. The topological polar surface area (TPSA) is 135 Å². The lowest BCUT2D eigenvalue weighted by atomic mass is 9.92. The zero-order valence-electron chi connectivity index (χ0n) is 26.0. The molecule has 11 heteroatoms. The summed E-state index contributed by atoms with van der Waals surface area (Å²) in [6.07, 6.45) is 4.02. The van der Waals surface area contributed by atoms with Crippen LogP contribution in [0.25, 0.3) is 33.1 Å². The quantitative estimate of drug-likeness (QED) is 0.0891. The van der Waals surface area contributed by atoms with Crippen LogP contribution in [0.2, 0.25) is 0 Å². The van der Waals surface area contributed by atoms with E-state index >= 15 is 0 Å². The lowest BCUT2D eigenvalue weighted by Gasteiger charge is -2.19. The van der Waals surface area contributed by atoms with Crippen LogP contribution in [-0.4, -0.2) is 47.7 Å². The van der Waals surface area contributed by atoms with Crippen molar-refractivity contribution >= 4 is 74.1 Å². The first kappa shape index (κ1) is 33.3. The summed E-state index contributed by atoms with van der Waals surface area (Å²) in [6, 6.07) is 29.3. The summed E-state index contributed by atoms with van der Waals surface area (Å²) in [5.41, 5.74) is 3.68. The Labute approximate surface area is 288 Å². The van der Waals surface area contributed by atoms with Crippen molar-refractivity contribution in [1.29, 1.82) is 0 Å². The molecule has 6 rings (SSSR count). The third-order valence-electron chi connectivity index (χ3n) is 7.79. The van der Waals surface area contributed by atoms with Crippen LogP contribution in [-0.2, 0) is 19.7 Å². The number of amides is 2. The molecule has 48 heavy (non-hydrogen) atoms. The van der Waals surface area contributed by atoms with Gasteiger partial charge in [-0.25, -0.2) is 0 Å². The van der Waals surface area contributed by atoms with Crippen LogP contribution in [0.4, 0.5) is 5.69 Å². The Morgan fingerprint density at radius 3 is 2.42 bits per heavy atom. The summed E-state index contributed by atoms with van der Waals surface area (Å²) in [4.78, 5) is 26.5. The van der Waals surface area contributed by atoms with Crippen LogP contribution in [0.15, 0.2) is 117 Å². The molecule has 0 radical (unpaired) electrons. The molecule has 1 atom stereocenters. The van der Waals surface area contributed by atoms with E-state index in [0.29, 0.717) is 24.3 Å². The molecule has 0 saturated carbocycles. The minimum Gasteiger partial charge on any atom is -0.494 e. The van der Waals surface area contributed by atoms with Crippen molar-refractivity contribution in [2.75, 3.05) is 24.2 Å². The number of carbonyl (C=O) groups excluding carboxylic acids is 2. The summed E-state index contributed by atoms with van der Waals surface area (Å²) >= 11 is -0.727. The highest BCUT2D eigenvalue weighted by atomic mass is 127. The number of allylic oxidation sites excluding steroid dienone is 3. The van der Waals surface area contributed by atoms with Crippen molar-refractivity contribution in [2.45, 2.75) is 19.3 Å². The highest BCUT2D eigenvalue weighted by molar-refractivity contribution is 14.2. The van der Waals surface area contributed by atoms with Gasteiger partial charge in [-0.1, -0.05) is 69.3 Å². The van der Waals surface area contributed by atoms with E-state index in [4.69, 9.17) is 13.7 Å². The number of nitrogens with one attached hydrogen (secondary N) is 2. The van der Waals surface area contributed by atoms with Gasteiger partial charge in [0.2, 0.25) is 5.91 Å². The Morgan fingerprint density at radius 2 is 1.69 bits per heavy atom. The number of ether oxygens (including phenoxy) is 1. The highest BCUT2D eigenvalue weighted by Gasteiger charge is 2.24. The van der Waals surface area contributed by atoms with Crippen LogP contribution < -0.4 is 15.4 Å². The van der Waals surface area contributed by atoms with Crippen molar-refractivity contribution < 1.29 is 31.7 Å². The molecular formula is C37H33IN2O7S. The molecule has 4 aromatic carbocycles. The van der Waals surface area contributed by atoms with Gasteiger partial charge in [0.15, 0.2) is 0 Å². The number of anilines is 1. The van der Waals surface area contributed by atoms with Crippen molar-refractivity contribution in [1.82, 2.24) is 5.32 Å². The number of halogens is 1. The predicted octanol–water partition coefficient (Wildman–Crippen LogP) is 7.36. The second-order valence-corrected chi connectivity index (χ2v) is 15.4. The van der Waals surface area contributed by atoms with Crippen LogP contribution in [0.1, 0.15) is 24.8 Å². The number of hydrogen-bond donors (Lipinski definition) is 3. The smallest absolute Gasteiger partial charge is 0.266 e. The van der Waals surface area contributed by atoms with E-state index in [0.717, 1.165) is 48.0 Å². The second-order valence-electron chi connectivity index (χ2n) is 11.2. The first-order chi connectivity index (χ1) is 23.1. The summed E-state index contributed by atoms with van der Waals surface area (Å²) in [5.74, 6) is -0.0847. The van der Waals surface area contributed by atoms with Crippen LogP contribution in [0.3, 0.4) is 0 Å². The third-order valence-corrected chi connectivity index (χ3v) is 11.1. The number of benzene rings is 4. The lowest BCUT2D eigenvalue weighted by molar-refractivity contribution is -0.118. The molecule has 0 aliphatic carbocycles. The fraction of sp³-hybridized carbons (Fsp3) is 0.162. The molecule has 3 N–H and O–H groups in total. The number of hydrogen-bond acceptors (Lipinski definition) is 6. The first-order valence-electron chi connectivity index (χ1n) is 15.3. The SMILES string of the molecule is CCOc1ccc2cc(C(CC3=CC=C(C(=O)NCCS(=O)(=O)O)C=I3)C(=O)Nc3ccc(-c4cc5ccccc5o4)cc3)ccc2c1. The van der Waals surface area contributed by atoms with Crippen molar-refractivity contribution in [3.63, 3.8) is 0 Å². The minimum atomic E-state index is -4.17. The maximum Gasteiger partial charge on any atom is 0.266 e. The molecule has 246 valence electrons. The Bertz CT molecular complexity index is 2170. The number of furan rings is 1. The number of carbonyl (C=O) groups is 2. The number of rotatable bonds is 12. The third kappa shape index (κ3) is 8.27. The van der Waals surface area contributed by atoms with E-state index in [1.165, 1.54) is 0 Å². The average molecular weight is 777 g/mol. The molecule has 1 unspecified atom stereocenters. The molecule has 0 spiro atoms. The van der Waals surface area contributed by atoms with Crippen LogP contribution in [0.5, 0.6) is 5.75 Å². The van der Waals surface area contributed by atoms with Crippen LogP contribution in [0, 0.1) is 0 Å². The Balaban J connectivity index is 1.22. The Morgan fingerprint density at radius 1 is 0.917 bits per heavy atom. The van der Waals surface area contributed by atoms with Crippen molar-refractivity contribution in [3.05, 3.63) is 118 Å². The molecule has 1 aliphatic heterocycles. The zero-order valence-corrected chi connectivity index (χ0v) is 29.0. The second kappa shape index (κ2) is 14.7. The Hall–Kier alpha value is -4.59. The molecule has 2 amide bonds. The molecule has 5 aromatic rings. The van der Waals surface area contributed by atoms with Gasteiger partial charge >= 0.3 is 0 Å². The van der Waals surface area contributed by atoms with Gasteiger partial charge in [-0.15, -0.1) is 0 Å². The van der Waals surface area contributed by atoms with Crippen molar-refractivity contribution in [2.24, 2.45) is 0 Å². The molecule has 1 aliphatic rings. The summed E-state index contributed by atoms with van der Waals surface area (Å²) < 4.78 is 45.5.